The highest BCUT2D eigenvalue weighted by Crippen LogP contribution is 2.22. The van der Waals surface area contributed by atoms with Gasteiger partial charge in [-0.1, -0.05) is 30.3 Å². The van der Waals surface area contributed by atoms with Crippen molar-refractivity contribution in [1.29, 1.82) is 0 Å². The molecule has 0 saturated carbocycles. The van der Waals surface area contributed by atoms with Gasteiger partial charge in [0.15, 0.2) is 6.04 Å². The van der Waals surface area contributed by atoms with E-state index in [9.17, 15) is 14.7 Å². The van der Waals surface area contributed by atoms with Crippen molar-refractivity contribution >= 4 is 23.2 Å². The van der Waals surface area contributed by atoms with E-state index in [1.54, 1.807) is 36.4 Å². The molecule has 2 aromatic rings. The monoisotopic (exact) mass is 289 g/mol. The number of rotatable bonds is 4. The van der Waals surface area contributed by atoms with Crippen LogP contribution in [0.25, 0.3) is 0 Å². The quantitative estimate of drug-likeness (QED) is 0.909. The number of amides is 1. The Bertz CT molecular complexity index is 634. The van der Waals surface area contributed by atoms with Crippen molar-refractivity contribution in [2.24, 2.45) is 0 Å². The first-order chi connectivity index (χ1) is 9.49. The van der Waals surface area contributed by atoms with E-state index in [2.05, 4.69) is 5.32 Å². The second-order valence-corrected chi connectivity index (χ2v) is 5.94. The zero-order valence-electron chi connectivity index (χ0n) is 11.2. The van der Waals surface area contributed by atoms with Gasteiger partial charge in [0.05, 0.1) is 5.56 Å². The zero-order valence-corrected chi connectivity index (χ0v) is 12.0. The van der Waals surface area contributed by atoms with Crippen molar-refractivity contribution in [2.75, 3.05) is 0 Å². The van der Waals surface area contributed by atoms with E-state index in [0.29, 0.717) is 11.1 Å². The lowest BCUT2D eigenvalue weighted by Gasteiger charge is -2.14. The van der Waals surface area contributed by atoms with Crippen molar-refractivity contribution < 1.29 is 14.7 Å². The van der Waals surface area contributed by atoms with Gasteiger partial charge in [0, 0.05) is 9.75 Å². The Morgan fingerprint density at radius 3 is 2.35 bits per heavy atom. The molecule has 20 heavy (non-hydrogen) atoms. The Kier molecular flexibility index (Phi) is 4.20. The average Bonchev–Trinajstić information content (AvgIpc) is 2.75. The van der Waals surface area contributed by atoms with Crippen LogP contribution in [0.15, 0.2) is 36.4 Å². The highest BCUT2D eigenvalue weighted by Gasteiger charge is 2.23. The first kappa shape index (κ1) is 14.3. The first-order valence-electron chi connectivity index (χ1n) is 6.14. The van der Waals surface area contributed by atoms with Gasteiger partial charge < -0.3 is 10.4 Å². The normalized spacial score (nSPS) is 11.9. The number of hydrogen-bond acceptors (Lipinski definition) is 3. The highest BCUT2D eigenvalue weighted by atomic mass is 32.1. The van der Waals surface area contributed by atoms with Crippen LogP contribution in [0.5, 0.6) is 0 Å². The Morgan fingerprint density at radius 2 is 1.85 bits per heavy atom. The topological polar surface area (TPSA) is 66.4 Å². The maximum absolute atomic E-state index is 12.2. The molecule has 1 amide bonds. The van der Waals surface area contributed by atoms with Crippen LogP contribution < -0.4 is 5.32 Å². The van der Waals surface area contributed by atoms with E-state index >= 15 is 0 Å². The van der Waals surface area contributed by atoms with Crippen LogP contribution in [-0.4, -0.2) is 17.0 Å². The summed E-state index contributed by atoms with van der Waals surface area (Å²) in [6, 6.07) is 9.41. The highest BCUT2D eigenvalue weighted by molar-refractivity contribution is 7.12. The number of carboxylic acids is 1. The summed E-state index contributed by atoms with van der Waals surface area (Å²) in [7, 11) is 0. The number of carbonyl (C=O) groups excluding carboxylic acids is 1. The van der Waals surface area contributed by atoms with E-state index in [0.717, 1.165) is 9.75 Å². The van der Waals surface area contributed by atoms with Crippen molar-refractivity contribution in [3.8, 4) is 0 Å². The van der Waals surface area contributed by atoms with Crippen LogP contribution in [0.3, 0.4) is 0 Å². The summed E-state index contributed by atoms with van der Waals surface area (Å²) in [4.78, 5) is 25.5. The number of benzene rings is 1. The molecule has 0 unspecified atom stereocenters. The Labute approximate surface area is 121 Å². The molecule has 2 N–H and O–H groups in total. The summed E-state index contributed by atoms with van der Waals surface area (Å²) in [6.45, 7) is 3.77. The number of nitrogens with one attached hydrogen (secondary N) is 1. The van der Waals surface area contributed by atoms with Crippen LogP contribution >= 0.6 is 11.3 Å². The molecule has 104 valence electrons. The molecular formula is C15H15NO3S. The molecule has 1 heterocycles. The Hall–Kier alpha value is -2.14. The SMILES string of the molecule is Cc1cc(C(=O)N[C@@H](C(=O)O)c2ccccc2)c(C)s1. The number of hydrogen-bond donors (Lipinski definition) is 2. The van der Waals surface area contributed by atoms with Crippen LogP contribution in [0.1, 0.15) is 31.7 Å². The fourth-order valence-electron chi connectivity index (χ4n) is 2.00. The molecule has 1 atom stereocenters. The number of aliphatic carboxylic acids is 1. The van der Waals surface area contributed by atoms with Crippen LogP contribution in [0, 0.1) is 13.8 Å². The summed E-state index contributed by atoms with van der Waals surface area (Å²) in [5, 5.41) is 11.9. The molecule has 0 aliphatic rings. The van der Waals surface area contributed by atoms with Gasteiger partial charge in [-0.2, -0.15) is 0 Å². The van der Waals surface area contributed by atoms with Gasteiger partial charge >= 0.3 is 5.97 Å². The van der Waals surface area contributed by atoms with Gasteiger partial charge in [-0.3, -0.25) is 4.79 Å². The van der Waals surface area contributed by atoms with Crippen LogP contribution in [0.2, 0.25) is 0 Å². The largest absolute Gasteiger partial charge is 0.479 e. The van der Waals surface area contributed by atoms with Crippen LogP contribution in [0.4, 0.5) is 0 Å². The van der Waals surface area contributed by atoms with Gasteiger partial charge in [-0.05, 0) is 25.5 Å². The molecule has 0 saturated heterocycles. The van der Waals surface area contributed by atoms with Gasteiger partial charge in [0.1, 0.15) is 0 Å². The van der Waals surface area contributed by atoms with Crippen molar-refractivity contribution in [3.63, 3.8) is 0 Å². The van der Waals surface area contributed by atoms with Gasteiger partial charge in [-0.15, -0.1) is 11.3 Å². The average molecular weight is 289 g/mol. The summed E-state index contributed by atoms with van der Waals surface area (Å²) < 4.78 is 0. The maximum Gasteiger partial charge on any atom is 0.330 e. The van der Waals surface area contributed by atoms with E-state index in [1.807, 2.05) is 13.8 Å². The maximum atomic E-state index is 12.2. The standard InChI is InChI=1S/C15H15NO3S/c1-9-8-12(10(2)20-9)14(17)16-13(15(18)19)11-6-4-3-5-7-11/h3-8,13H,1-2H3,(H,16,17)(H,18,19)/t13-/m1/s1. The van der Waals surface area contributed by atoms with Crippen molar-refractivity contribution in [3.05, 3.63) is 57.3 Å². The van der Waals surface area contributed by atoms with Gasteiger partial charge in [-0.25, -0.2) is 4.79 Å². The third-order valence-electron chi connectivity index (χ3n) is 2.94. The second-order valence-electron chi connectivity index (χ2n) is 4.48. The summed E-state index contributed by atoms with van der Waals surface area (Å²) in [5.41, 5.74) is 1.09. The molecule has 2 rings (SSSR count). The van der Waals surface area contributed by atoms with Crippen molar-refractivity contribution in [1.82, 2.24) is 5.32 Å². The third-order valence-corrected chi connectivity index (χ3v) is 3.91. The molecular weight excluding hydrogens is 274 g/mol. The molecule has 5 heteroatoms. The number of carbonyl (C=O) groups is 2. The number of thiophene rings is 1. The zero-order chi connectivity index (χ0) is 14.7. The smallest absolute Gasteiger partial charge is 0.330 e. The fraction of sp³-hybridized carbons (Fsp3) is 0.200. The second kappa shape index (κ2) is 5.88. The molecule has 1 aromatic carbocycles. The lowest BCUT2D eigenvalue weighted by Crippen LogP contribution is -2.33. The van der Waals surface area contributed by atoms with E-state index in [4.69, 9.17) is 0 Å². The molecule has 4 nitrogen and oxygen atoms in total. The number of carboxylic acid groups (broad SMARTS) is 1. The summed E-state index contributed by atoms with van der Waals surface area (Å²) in [5.74, 6) is -1.43. The summed E-state index contributed by atoms with van der Waals surface area (Å²) >= 11 is 1.52. The minimum atomic E-state index is -1.07. The lowest BCUT2D eigenvalue weighted by atomic mass is 10.1. The third kappa shape index (κ3) is 3.05. The molecule has 0 aliphatic heterocycles. The minimum Gasteiger partial charge on any atom is -0.479 e. The number of aryl methyl sites for hydroxylation is 2. The lowest BCUT2D eigenvalue weighted by molar-refractivity contribution is -0.139. The van der Waals surface area contributed by atoms with Gasteiger partial charge in [0.25, 0.3) is 5.91 Å². The Balaban J connectivity index is 2.23. The molecule has 0 radical (unpaired) electrons. The van der Waals surface area contributed by atoms with E-state index in [-0.39, 0.29) is 5.91 Å². The van der Waals surface area contributed by atoms with Gasteiger partial charge in [0.2, 0.25) is 0 Å². The Morgan fingerprint density at radius 1 is 1.20 bits per heavy atom. The molecule has 1 aromatic heterocycles. The van der Waals surface area contributed by atoms with Crippen LogP contribution in [-0.2, 0) is 4.79 Å². The van der Waals surface area contributed by atoms with Crippen molar-refractivity contribution in [2.45, 2.75) is 19.9 Å². The molecule has 0 bridgehead atoms. The first-order valence-corrected chi connectivity index (χ1v) is 6.96. The van der Waals surface area contributed by atoms with E-state index in [1.165, 1.54) is 11.3 Å². The minimum absolute atomic E-state index is 0.358. The predicted octanol–water partition coefficient (Wildman–Crippen LogP) is 2.92. The fourth-order valence-corrected chi connectivity index (χ4v) is 2.92. The summed E-state index contributed by atoms with van der Waals surface area (Å²) in [6.07, 6.45) is 0. The predicted molar refractivity (Wildman–Crippen MR) is 78.1 cm³/mol. The van der Waals surface area contributed by atoms with E-state index < -0.39 is 12.0 Å². The molecule has 0 fully saturated rings. The molecule has 0 aliphatic carbocycles. The molecule has 0 spiro atoms.